The number of nitrogens with zero attached hydrogens (tertiary/aromatic N) is 4. The molecule has 2 aromatic heterocycles. The Bertz CT molecular complexity index is 2520. The van der Waals surface area contributed by atoms with E-state index in [1.165, 1.54) is 28.4 Å². The first kappa shape index (κ1) is 42.5. The quantitative estimate of drug-likeness (QED) is 0.116. The molecule has 2 saturated heterocycles. The second-order valence-electron chi connectivity index (χ2n) is 16.5. The summed E-state index contributed by atoms with van der Waals surface area (Å²) in [5.41, 5.74) is 6.42. The molecule has 5 heterocycles. The van der Waals surface area contributed by atoms with E-state index in [0.29, 0.717) is 31.1 Å². The maximum absolute atomic E-state index is 14.0. The Kier molecular flexibility index (Phi) is 11.8. The molecule has 0 saturated carbocycles. The summed E-state index contributed by atoms with van der Waals surface area (Å²) in [6.45, 7) is 7.83. The van der Waals surface area contributed by atoms with Crippen LogP contribution in [0.2, 0.25) is 0 Å². The molecule has 4 N–H and O–H groups in total. The lowest BCUT2D eigenvalue weighted by molar-refractivity contribution is -0.140. The molecule has 3 aliphatic rings. The highest BCUT2D eigenvalue weighted by Gasteiger charge is 2.44. The van der Waals surface area contributed by atoms with E-state index in [4.69, 9.17) is 33.7 Å². The molecule has 17 nitrogen and oxygen atoms in total. The summed E-state index contributed by atoms with van der Waals surface area (Å²) in [5, 5.41) is 7.23. The average molecular weight is 851 g/mol. The van der Waals surface area contributed by atoms with E-state index < -0.39 is 36.5 Å². The minimum atomic E-state index is -0.938. The number of amides is 4. The summed E-state index contributed by atoms with van der Waals surface area (Å²) in [4.78, 5) is 72.8. The largest absolute Gasteiger partial charge is 0.488 e. The van der Waals surface area contributed by atoms with Gasteiger partial charge in [-0.05, 0) is 99.7 Å². The van der Waals surface area contributed by atoms with Crippen molar-refractivity contribution in [1.82, 2.24) is 40.4 Å². The number of carbonyl (C=O) groups is 4. The molecule has 8 rings (SSSR count). The van der Waals surface area contributed by atoms with Gasteiger partial charge in [0.05, 0.1) is 61.4 Å². The normalized spacial score (nSPS) is 21.4. The maximum Gasteiger partial charge on any atom is 0.407 e. The van der Waals surface area contributed by atoms with Crippen molar-refractivity contribution < 1.29 is 42.9 Å². The van der Waals surface area contributed by atoms with Crippen LogP contribution in [0.3, 0.4) is 0 Å². The van der Waals surface area contributed by atoms with E-state index in [2.05, 4.69) is 50.9 Å². The van der Waals surface area contributed by atoms with Crippen LogP contribution in [-0.2, 0) is 35.1 Å². The third-order valence-corrected chi connectivity index (χ3v) is 12.9. The molecule has 62 heavy (non-hydrogen) atoms. The zero-order valence-corrected chi connectivity index (χ0v) is 36.2. The van der Waals surface area contributed by atoms with Crippen LogP contribution in [0.1, 0.15) is 82.7 Å². The van der Waals surface area contributed by atoms with E-state index in [1.807, 2.05) is 26.0 Å². The van der Waals surface area contributed by atoms with Crippen molar-refractivity contribution in [3.8, 4) is 28.1 Å². The van der Waals surface area contributed by atoms with Gasteiger partial charge in [-0.2, -0.15) is 0 Å². The van der Waals surface area contributed by atoms with Gasteiger partial charge in [-0.3, -0.25) is 9.59 Å². The molecule has 0 radical (unpaired) electrons. The highest BCUT2D eigenvalue weighted by atomic mass is 16.5. The standard InChI is InChI=1S/C45H54N8O9/c1-22-9-15-34(52(22)42(54)37(24(3)58-5)50-44(56)60-7)40-46-20-33(48-40)27-11-13-29-28(17-27)21-62-36-19-30-26(18-31(29)36)12-14-32-39(30)49-41(47-32)35-16-10-23(2)53(35)43(55)38(25(4)59-6)51-45(57)61-8/h11-14,17-20,22-25,34-35,37-38H,9-10,15-16,21H2,1-8H3,(H,46,48)(H,47,49)(H,50,56)(H,51,57). The number of alkyl carbamates (subject to hydrolysis) is 2. The predicted octanol–water partition coefficient (Wildman–Crippen LogP) is 6.29. The molecule has 328 valence electrons. The minimum absolute atomic E-state index is 0.0750. The van der Waals surface area contributed by atoms with Gasteiger partial charge in [0, 0.05) is 37.3 Å². The monoisotopic (exact) mass is 850 g/mol. The number of likely N-dealkylation sites (tertiary alicyclic amines) is 2. The Morgan fingerprint density at radius 3 is 1.97 bits per heavy atom. The van der Waals surface area contributed by atoms with Crippen molar-refractivity contribution in [2.75, 3.05) is 28.4 Å². The number of carbonyl (C=O) groups excluding carboxylic acids is 4. The van der Waals surface area contributed by atoms with Crippen molar-refractivity contribution in [3.05, 3.63) is 65.9 Å². The number of H-pyrrole nitrogens is 2. The van der Waals surface area contributed by atoms with Gasteiger partial charge in [-0.25, -0.2) is 19.6 Å². The number of aromatic nitrogens is 4. The zero-order chi connectivity index (χ0) is 44.0. The smallest absolute Gasteiger partial charge is 0.407 e. The average Bonchev–Trinajstić information content (AvgIpc) is 4.11. The summed E-state index contributed by atoms with van der Waals surface area (Å²) >= 11 is 0. The first-order valence-electron chi connectivity index (χ1n) is 21.0. The van der Waals surface area contributed by atoms with Gasteiger partial charge in [0.2, 0.25) is 11.8 Å². The fourth-order valence-corrected chi connectivity index (χ4v) is 9.26. The Morgan fingerprint density at radius 2 is 1.37 bits per heavy atom. The van der Waals surface area contributed by atoms with Crippen molar-refractivity contribution in [1.29, 1.82) is 0 Å². The van der Waals surface area contributed by atoms with Gasteiger partial charge in [-0.15, -0.1) is 0 Å². The van der Waals surface area contributed by atoms with Gasteiger partial charge >= 0.3 is 12.2 Å². The van der Waals surface area contributed by atoms with Gasteiger partial charge in [0.25, 0.3) is 0 Å². The van der Waals surface area contributed by atoms with Gasteiger partial charge < -0.3 is 54.1 Å². The molecule has 3 aromatic carbocycles. The number of benzene rings is 3. The van der Waals surface area contributed by atoms with Crippen molar-refractivity contribution in [2.24, 2.45) is 0 Å². The van der Waals surface area contributed by atoms with Crippen LogP contribution in [0.5, 0.6) is 5.75 Å². The molecule has 8 atom stereocenters. The van der Waals surface area contributed by atoms with Crippen LogP contribution in [0.15, 0.2) is 48.7 Å². The first-order valence-corrected chi connectivity index (χ1v) is 21.0. The fourth-order valence-electron chi connectivity index (χ4n) is 9.26. The van der Waals surface area contributed by atoms with Crippen LogP contribution in [-0.4, -0.2) is 119 Å². The van der Waals surface area contributed by atoms with E-state index >= 15 is 0 Å². The molecule has 0 aliphatic carbocycles. The van der Waals surface area contributed by atoms with Crippen LogP contribution >= 0.6 is 0 Å². The Hall–Kier alpha value is -6.20. The Balaban J connectivity index is 1.04. The van der Waals surface area contributed by atoms with Crippen LogP contribution in [0.4, 0.5) is 9.59 Å². The van der Waals surface area contributed by atoms with Gasteiger partial charge in [0.1, 0.15) is 36.1 Å². The summed E-state index contributed by atoms with van der Waals surface area (Å²) < 4.78 is 27.0. The summed E-state index contributed by atoms with van der Waals surface area (Å²) in [6.07, 6.45) is 2.18. The Morgan fingerprint density at radius 1 is 0.758 bits per heavy atom. The molecule has 2 fully saturated rings. The van der Waals surface area contributed by atoms with E-state index in [9.17, 15) is 19.2 Å². The second-order valence-corrected chi connectivity index (χ2v) is 16.5. The molecular weight excluding hydrogens is 797 g/mol. The van der Waals surface area contributed by atoms with E-state index in [-0.39, 0.29) is 36.0 Å². The number of hydrogen-bond acceptors (Lipinski definition) is 11. The highest BCUT2D eigenvalue weighted by molar-refractivity contribution is 6.07. The third kappa shape index (κ3) is 7.67. The third-order valence-electron chi connectivity index (χ3n) is 12.9. The summed E-state index contributed by atoms with van der Waals surface area (Å²) in [5.74, 6) is 1.57. The van der Waals surface area contributed by atoms with Gasteiger partial charge in [0.15, 0.2) is 0 Å². The molecule has 0 bridgehead atoms. The molecule has 3 aliphatic heterocycles. The summed E-state index contributed by atoms with van der Waals surface area (Å²) in [6, 6.07) is 11.8. The van der Waals surface area contributed by atoms with Crippen LogP contribution < -0.4 is 15.4 Å². The van der Waals surface area contributed by atoms with Crippen LogP contribution in [0.25, 0.3) is 44.2 Å². The maximum atomic E-state index is 14.0. The number of imidazole rings is 2. The summed E-state index contributed by atoms with van der Waals surface area (Å²) in [7, 11) is 5.52. The predicted molar refractivity (Wildman–Crippen MR) is 229 cm³/mol. The SMILES string of the molecule is COC(=O)NC(C(=O)N1C(C)CCC1c1ncc(-c2ccc3c(c2)COc2cc4c(ccc5[nH]c(C6CCC(C)N6C(=O)C(NC(=O)OC)C(C)OC)nc54)cc2-3)[nH]1)C(C)OC. The lowest BCUT2D eigenvalue weighted by Gasteiger charge is -2.33. The number of nitrogens with one attached hydrogen (secondary N) is 4. The number of aromatic amines is 2. The fraction of sp³-hybridized carbons (Fsp3) is 0.467. The highest BCUT2D eigenvalue weighted by Crippen LogP contribution is 2.44. The zero-order valence-electron chi connectivity index (χ0n) is 36.2. The van der Waals surface area contributed by atoms with Crippen molar-refractivity contribution in [3.63, 3.8) is 0 Å². The number of fused-ring (bicyclic) bond motifs is 6. The topological polar surface area (TPSA) is 202 Å². The number of hydrogen-bond donors (Lipinski definition) is 4. The molecule has 0 spiro atoms. The van der Waals surface area contributed by atoms with Crippen molar-refractivity contribution in [2.45, 2.75) is 108 Å². The first-order chi connectivity index (χ1) is 29.8. The number of ether oxygens (including phenoxy) is 5. The van der Waals surface area contributed by atoms with Crippen LogP contribution in [0, 0.1) is 0 Å². The van der Waals surface area contributed by atoms with E-state index in [1.54, 1.807) is 29.8 Å². The number of methoxy groups -OCH3 is 4. The number of rotatable bonds is 11. The second kappa shape index (κ2) is 17.3. The molecular formula is C45H54N8O9. The van der Waals surface area contributed by atoms with E-state index in [0.717, 1.165) is 68.3 Å². The molecule has 17 heteroatoms. The molecule has 8 unspecified atom stereocenters. The van der Waals surface area contributed by atoms with Crippen molar-refractivity contribution >= 4 is 45.8 Å². The Labute approximate surface area is 359 Å². The molecule has 5 aromatic rings. The minimum Gasteiger partial charge on any atom is -0.488 e. The van der Waals surface area contributed by atoms with Gasteiger partial charge in [-0.1, -0.05) is 18.2 Å². The molecule has 4 amide bonds. The lowest BCUT2D eigenvalue weighted by atomic mass is 9.92. The lowest BCUT2D eigenvalue weighted by Crippen LogP contribution is -2.55.